The zero-order valence-electron chi connectivity index (χ0n) is 11.5. The zero-order valence-corrected chi connectivity index (χ0v) is 11.5. The first-order valence-corrected chi connectivity index (χ1v) is 7.04. The molecule has 0 saturated carbocycles. The molecule has 0 aromatic carbocycles. The Morgan fingerprint density at radius 2 is 2.17 bits per heavy atom. The van der Waals surface area contributed by atoms with E-state index in [9.17, 15) is 9.59 Å². The number of hydrogen-bond donors (Lipinski definition) is 0. The summed E-state index contributed by atoms with van der Waals surface area (Å²) in [7, 11) is 0. The van der Waals surface area contributed by atoms with Crippen molar-refractivity contribution in [3.05, 3.63) is 11.6 Å². The van der Waals surface area contributed by atoms with Gasteiger partial charge in [0.15, 0.2) is 5.78 Å². The van der Waals surface area contributed by atoms with Crippen LogP contribution in [0.2, 0.25) is 0 Å². The third-order valence-corrected chi connectivity index (χ3v) is 3.39. The van der Waals surface area contributed by atoms with Crippen molar-refractivity contribution in [2.75, 3.05) is 6.61 Å². The van der Waals surface area contributed by atoms with Gasteiger partial charge in [-0.15, -0.1) is 0 Å². The molecule has 1 atom stereocenters. The normalized spacial score (nSPS) is 16.6. The first-order valence-electron chi connectivity index (χ1n) is 7.04. The van der Waals surface area contributed by atoms with Gasteiger partial charge in [0.2, 0.25) is 0 Å². The molecule has 1 rings (SSSR count). The first kappa shape index (κ1) is 14.9. The minimum absolute atomic E-state index is 0.00252. The number of hydrogen-bond acceptors (Lipinski definition) is 3. The molecule has 0 bridgehead atoms. The van der Waals surface area contributed by atoms with Gasteiger partial charge in [-0.3, -0.25) is 9.59 Å². The minimum Gasteiger partial charge on any atom is -0.466 e. The average molecular weight is 252 g/mol. The van der Waals surface area contributed by atoms with E-state index in [1.807, 2.05) is 13.8 Å². The van der Waals surface area contributed by atoms with Crippen molar-refractivity contribution >= 4 is 11.8 Å². The molecule has 0 radical (unpaired) electrons. The Hall–Kier alpha value is -1.12. The lowest BCUT2D eigenvalue weighted by atomic mass is 10.0. The van der Waals surface area contributed by atoms with Gasteiger partial charge in [-0.25, -0.2) is 0 Å². The van der Waals surface area contributed by atoms with Crippen LogP contribution in [0, 0.1) is 5.92 Å². The molecular weight excluding hydrogens is 228 g/mol. The second-order valence-corrected chi connectivity index (χ2v) is 4.94. The van der Waals surface area contributed by atoms with Crippen LogP contribution in [0.5, 0.6) is 0 Å². The van der Waals surface area contributed by atoms with E-state index in [-0.39, 0.29) is 11.9 Å². The number of Topliss-reactive ketones (excluding diaryl/α,β-unsaturated/α-hetero) is 1. The lowest BCUT2D eigenvalue weighted by Gasteiger charge is -2.09. The fraction of sp³-hybridized carbons (Fsp3) is 0.733. The number of allylic oxidation sites excluding steroid dienone is 2. The summed E-state index contributed by atoms with van der Waals surface area (Å²) in [6, 6.07) is 0. The Labute approximate surface area is 110 Å². The van der Waals surface area contributed by atoms with Gasteiger partial charge in [0.1, 0.15) is 0 Å². The van der Waals surface area contributed by atoms with E-state index < -0.39 is 0 Å². The highest BCUT2D eigenvalue weighted by molar-refractivity contribution is 5.97. The molecule has 1 aliphatic rings. The van der Waals surface area contributed by atoms with Gasteiger partial charge >= 0.3 is 5.97 Å². The number of carbonyl (C=O) groups excluding carboxylic acids is 2. The Morgan fingerprint density at radius 3 is 2.78 bits per heavy atom. The van der Waals surface area contributed by atoms with Crippen LogP contribution in [0.3, 0.4) is 0 Å². The summed E-state index contributed by atoms with van der Waals surface area (Å²) >= 11 is 0. The van der Waals surface area contributed by atoms with Crippen molar-refractivity contribution in [2.24, 2.45) is 5.92 Å². The molecule has 0 aromatic rings. The topological polar surface area (TPSA) is 43.4 Å². The molecule has 1 aliphatic carbocycles. The molecule has 102 valence electrons. The van der Waals surface area contributed by atoms with Crippen molar-refractivity contribution in [3.8, 4) is 0 Å². The second kappa shape index (κ2) is 8.06. The number of carbonyl (C=O) groups is 2. The molecule has 3 heteroatoms. The largest absolute Gasteiger partial charge is 0.466 e. The molecular formula is C15H24O3. The van der Waals surface area contributed by atoms with Crippen molar-refractivity contribution < 1.29 is 14.3 Å². The summed E-state index contributed by atoms with van der Waals surface area (Å²) in [6.45, 7) is 4.21. The van der Waals surface area contributed by atoms with Crippen LogP contribution in [-0.2, 0) is 14.3 Å². The first-order chi connectivity index (χ1) is 8.65. The number of esters is 1. The SMILES string of the molecule is CCOC(=O)[C@@H](C)CCCCCC1=CCCC1=O. The summed E-state index contributed by atoms with van der Waals surface area (Å²) in [6.07, 6.45) is 8.65. The number of ketones is 1. The van der Waals surface area contributed by atoms with Crippen LogP contribution in [0.1, 0.15) is 58.8 Å². The monoisotopic (exact) mass is 252 g/mol. The standard InChI is InChI=1S/C15H24O3/c1-3-18-15(17)12(2)8-5-4-6-9-13-10-7-11-14(13)16/h10,12H,3-9,11H2,1-2H3/t12-/m0/s1. The fourth-order valence-corrected chi connectivity index (χ4v) is 2.24. The van der Waals surface area contributed by atoms with E-state index in [1.54, 1.807) is 0 Å². The molecule has 0 unspecified atom stereocenters. The van der Waals surface area contributed by atoms with Gasteiger partial charge < -0.3 is 4.74 Å². The zero-order chi connectivity index (χ0) is 13.4. The van der Waals surface area contributed by atoms with E-state index in [0.717, 1.165) is 44.1 Å². The lowest BCUT2D eigenvalue weighted by Crippen LogP contribution is -2.14. The summed E-state index contributed by atoms with van der Waals surface area (Å²) in [5, 5.41) is 0. The van der Waals surface area contributed by atoms with Crippen molar-refractivity contribution in [3.63, 3.8) is 0 Å². The molecule has 0 N–H and O–H groups in total. The third-order valence-electron chi connectivity index (χ3n) is 3.39. The highest BCUT2D eigenvalue weighted by Crippen LogP contribution is 2.20. The highest BCUT2D eigenvalue weighted by Gasteiger charge is 2.15. The quantitative estimate of drug-likeness (QED) is 0.491. The van der Waals surface area contributed by atoms with Crippen LogP contribution in [0.25, 0.3) is 0 Å². The third kappa shape index (κ3) is 5.03. The number of unbranched alkanes of at least 4 members (excludes halogenated alkanes) is 2. The van der Waals surface area contributed by atoms with E-state index in [2.05, 4.69) is 6.08 Å². The molecule has 0 fully saturated rings. The smallest absolute Gasteiger partial charge is 0.308 e. The van der Waals surface area contributed by atoms with Crippen LogP contribution < -0.4 is 0 Å². The van der Waals surface area contributed by atoms with Gasteiger partial charge in [-0.2, -0.15) is 0 Å². The molecule has 0 aromatic heterocycles. The Morgan fingerprint density at radius 1 is 1.39 bits per heavy atom. The van der Waals surface area contributed by atoms with Crippen LogP contribution in [-0.4, -0.2) is 18.4 Å². The van der Waals surface area contributed by atoms with E-state index >= 15 is 0 Å². The summed E-state index contributed by atoms with van der Waals surface area (Å²) < 4.78 is 4.96. The maximum Gasteiger partial charge on any atom is 0.308 e. The Kier molecular flexibility index (Phi) is 6.69. The van der Waals surface area contributed by atoms with Gasteiger partial charge in [0.25, 0.3) is 0 Å². The molecule has 0 amide bonds. The second-order valence-electron chi connectivity index (χ2n) is 4.94. The summed E-state index contributed by atoms with van der Waals surface area (Å²) in [5.74, 6) is 0.235. The molecule has 3 nitrogen and oxygen atoms in total. The fourth-order valence-electron chi connectivity index (χ4n) is 2.24. The molecule has 0 aliphatic heterocycles. The molecule has 0 spiro atoms. The van der Waals surface area contributed by atoms with Crippen LogP contribution in [0.4, 0.5) is 0 Å². The molecule has 0 heterocycles. The van der Waals surface area contributed by atoms with Gasteiger partial charge in [-0.1, -0.05) is 25.8 Å². The van der Waals surface area contributed by atoms with E-state index in [0.29, 0.717) is 18.8 Å². The maximum atomic E-state index is 11.4. The van der Waals surface area contributed by atoms with E-state index in [4.69, 9.17) is 4.74 Å². The van der Waals surface area contributed by atoms with Crippen LogP contribution in [0.15, 0.2) is 11.6 Å². The molecule has 18 heavy (non-hydrogen) atoms. The Balaban J connectivity index is 2.05. The number of rotatable bonds is 8. The van der Waals surface area contributed by atoms with Crippen LogP contribution >= 0.6 is 0 Å². The van der Waals surface area contributed by atoms with E-state index in [1.165, 1.54) is 0 Å². The summed E-state index contributed by atoms with van der Waals surface area (Å²) in [5.41, 5.74) is 1.02. The van der Waals surface area contributed by atoms with Gasteiger partial charge in [-0.05, 0) is 38.2 Å². The van der Waals surface area contributed by atoms with Crippen molar-refractivity contribution in [2.45, 2.75) is 58.8 Å². The predicted octanol–water partition coefficient (Wildman–Crippen LogP) is 3.43. The van der Waals surface area contributed by atoms with Gasteiger partial charge in [0, 0.05) is 6.42 Å². The van der Waals surface area contributed by atoms with Crippen molar-refractivity contribution in [1.82, 2.24) is 0 Å². The highest BCUT2D eigenvalue weighted by atomic mass is 16.5. The van der Waals surface area contributed by atoms with Gasteiger partial charge in [0.05, 0.1) is 12.5 Å². The van der Waals surface area contributed by atoms with Crippen molar-refractivity contribution in [1.29, 1.82) is 0 Å². The lowest BCUT2D eigenvalue weighted by molar-refractivity contribution is -0.147. The summed E-state index contributed by atoms with van der Waals surface area (Å²) in [4.78, 5) is 22.8. The average Bonchev–Trinajstić information content (AvgIpc) is 2.74. The Bertz CT molecular complexity index is 318. The minimum atomic E-state index is -0.0915. The number of ether oxygens (including phenoxy) is 1. The maximum absolute atomic E-state index is 11.4. The predicted molar refractivity (Wildman–Crippen MR) is 71.2 cm³/mol. The molecule has 0 saturated heterocycles.